The number of hydrogen-bond acceptors (Lipinski definition) is 4. The molecule has 206 valence electrons. The molecule has 3 atom stereocenters. The fourth-order valence-corrected chi connectivity index (χ4v) is 1.76. The van der Waals surface area contributed by atoms with Gasteiger partial charge in [0.05, 0.1) is 0 Å². The second-order valence-corrected chi connectivity index (χ2v) is 11.8. The Kier molecular flexibility index (Phi) is 46.3. The van der Waals surface area contributed by atoms with Crippen LogP contribution in [0.5, 0.6) is 0 Å². The molecule has 36 heavy (non-hydrogen) atoms. The molecule has 0 aliphatic carbocycles. The Bertz CT molecular complexity index is 539. The van der Waals surface area contributed by atoms with Gasteiger partial charge in [-0.1, -0.05) is 80.6 Å². The first-order chi connectivity index (χ1) is 13.5. The SMILES string of the molecule is C.[CH2-]C(C)(C)C.[CH2-]C(CC(C)=O)C(C)(C)C.[CH2-]C(CC(C)=O)OC(=O)CC([CH2-])C(C)(C)C.[Y].[Y].[Y].[Y]. The Balaban J connectivity index is -0.0000000572. The molecule has 0 spiro atoms. The monoisotopic (exact) mass is 810 g/mol. The molecule has 4 nitrogen and oxygen atoms in total. The van der Waals surface area contributed by atoms with Crippen molar-refractivity contribution in [3.8, 4) is 0 Å². The van der Waals surface area contributed by atoms with Gasteiger partial charge in [0.15, 0.2) is 0 Å². The summed E-state index contributed by atoms with van der Waals surface area (Å²) in [6.07, 6.45) is 0.442. The molecule has 3 unspecified atom stereocenters. The van der Waals surface area contributed by atoms with Gasteiger partial charge >= 0.3 is 5.97 Å². The van der Waals surface area contributed by atoms with Gasteiger partial charge in [0.2, 0.25) is 0 Å². The summed E-state index contributed by atoms with van der Waals surface area (Å²) in [5.41, 5.74) is 0.377. The molecule has 0 aromatic heterocycles. The van der Waals surface area contributed by atoms with Gasteiger partial charge in [0, 0.05) is 144 Å². The summed E-state index contributed by atoms with van der Waals surface area (Å²) in [7, 11) is 0. The molecule has 0 amide bonds. The van der Waals surface area contributed by atoms with Crippen LogP contribution in [0, 0.1) is 55.8 Å². The van der Waals surface area contributed by atoms with Crippen molar-refractivity contribution in [2.24, 2.45) is 28.1 Å². The van der Waals surface area contributed by atoms with E-state index in [9.17, 15) is 14.4 Å². The van der Waals surface area contributed by atoms with Gasteiger partial charge < -0.3 is 37.2 Å². The number of ketones is 2. The summed E-state index contributed by atoms with van der Waals surface area (Å²) in [5, 5.41) is 0. The van der Waals surface area contributed by atoms with Gasteiger partial charge in [-0.25, -0.2) is 0 Å². The molecule has 0 aliphatic rings. The van der Waals surface area contributed by atoms with Crippen LogP contribution in [0.4, 0.5) is 0 Å². The van der Waals surface area contributed by atoms with E-state index in [1.54, 1.807) is 6.92 Å². The number of rotatable bonds is 7. The maximum Gasteiger partial charge on any atom is 0.301 e. The van der Waals surface area contributed by atoms with Crippen molar-refractivity contribution in [3.05, 3.63) is 27.7 Å². The zero-order chi connectivity index (χ0) is 25.8. The summed E-state index contributed by atoms with van der Waals surface area (Å²) in [6.45, 7) is 36.9. The molecule has 0 aromatic carbocycles. The van der Waals surface area contributed by atoms with Crippen LogP contribution < -0.4 is 0 Å². The van der Waals surface area contributed by atoms with Crippen molar-refractivity contribution in [1.29, 1.82) is 0 Å². The van der Waals surface area contributed by atoms with Gasteiger partial charge in [-0.15, -0.1) is 0 Å². The summed E-state index contributed by atoms with van der Waals surface area (Å²) in [5.74, 6) is 0.0930. The van der Waals surface area contributed by atoms with E-state index < -0.39 is 6.10 Å². The smallest absolute Gasteiger partial charge is 0.301 e. The molecule has 0 aliphatic heterocycles. The fourth-order valence-electron chi connectivity index (χ4n) is 1.76. The minimum atomic E-state index is -0.586. The van der Waals surface area contributed by atoms with E-state index >= 15 is 0 Å². The summed E-state index contributed by atoms with van der Waals surface area (Å²) >= 11 is 0. The number of carbonyl (C=O) groups excluding carboxylic acids is 3. The standard InChI is InChI=1S/C13H22O3.C9H17O.C5H11.CH4.4Y/c1-9(13(4,5)6)7-12(15)16-11(3)8-10(2)14;1-7(6-8(2)10)9(3,4)5;1-5(2,3)4;;;;;/h9,11H,1,3,7-8H2,2,4-6H3;7H,1,6H2,2-5H3;1H2,2-4H3;1H4;;;;/q-2;2*-1;;;;;. The zero-order valence-electron chi connectivity index (χ0n) is 24.6. The maximum absolute atomic E-state index is 11.5. The van der Waals surface area contributed by atoms with Crippen molar-refractivity contribution >= 4 is 17.5 Å². The molecule has 0 saturated heterocycles. The predicted octanol–water partition coefficient (Wildman–Crippen LogP) is 7.55. The topological polar surface area (TPSA) is 60.4 Å². The number of carbonyl (C=O) groups is 3. The number of Topliss-reactive ketones (excluding diaryl/α,β-unsaturated/α-hetero) is 2. The second kappa shape index (κ2) is 28.4. The first-order valence-corrected chi connectivity index (χ1v) is 11.0. The molecule has 0 rings (SSSR count). The first kappa shape index (κ1) is 58.8. The van der Waals surface area contributed by atoms with Crippen LogP contribution in [0.25, 0.3) is 0 Å². The van der Waals surface area contributed by atoms with Gasteiger partial charge in [-0.3, -0.25) is 9.59 Å². The van der Waals surface area contributed by atoms with E-state index in [-0.39, 0.29) is 197 Å². The van der Waals surface area contributed by atoms with Crippen molar-refractivity contribution in [1.82, 2.24) is 0 Å². The molecule has 0 heterocycles. The Labute approximate surface area is 327 Å². The van der Waals surface area contributed by atoms with Crippen LogP contribution in [-0.4, -0.2) is 23.6 Å². The molecule has 8 heteroatoms. The number of esters is 1. The van der Waals surface area contributed by atoms with E-state index in [1.807, 2.05) is 20.8 Å². The number of hydrogen-bond donors (Lipinski definition) is 0. The largest absolute Gasteiger partial charge is 0.495 e. The Morgan fingerprint density at radius 2 is 0.889 bits per heavy atom. The van der Waals surface area contributed by atoms with Crippen LogP contribution >= 0.6 is 0 Å². The van der Waals surface area contributed by atoms with Crippen molar-refractivity contribution in [2.75, 3.05) is 0 Å². The molecule has 0 aromatic rings. The normalized spacial score (nSPS) is 12.6. The van der Waals surface area contributed by atoms with Gasteiger partial charge in [-0.05, 0) is 26.4 Å². The maximum atomic E-state index is 11.5. The van der Waals surface area contributed by atoms with Crippen molar-refractivity contribution in [3.63, 3.8) is 0 Å². The Hall–Kier alpha value is 3.23. The first-order valence-electron chi connectivity index (χ1n) is 11.0. The van der Waals surface area contributed by atoms with Crippen LogP contribution in [0.1, 0.15) is 103 Å². The third kappa shape index (κ3) is 50.1. The third-order valence-corrected chi connectivity index (χ3v) is 4.21. The quantitative estimate of drug-likeness (QED) is 0.197. The van der Waals surface area contributed by atoms with E-state index in [2.05, 4.69) is 69.2 Å². The Morgan fingerprint density at radius 1 is 0.639 bits per heavy atom. The fraction of sp³-hybridized carbons (Fsp3) is 0.750. The van der Waals surface area contributed by atoms with Gasteiger partial charge in [0.25, 0.3) is 0 Å². The number of ether oxygens (including phenoxy) is 1. The van der Waals surface area contributed by atoms with Crippen LogP contribution in [0.2, 0.25) is 0 Å². The second-order valence-electron chi connectivity index (χ2n) is 11.8. The summed E-state index contributed by atoms with van der Waals surface area (Å²) in [6, 6.07) is 0. The third-order valence-electron chi connectivity index (χ3n) is 4.21. The van der Waals surface area contributed by atoms with E-state index in [0.29, 0.717) is 6.42 Å². The minimum absolute atomic E-state index is 0. The minimum Gasteiger partial charge on any atom is -0.495 e. The van der Waals surface area contributed by atoms with Crippen LogP contribution in [0.15, 0.2) is 0 Å². The molecule has 0 saturated carbocycles. The average Bonchev–Trinajstić information content (AvgIpc) is 2.41. The predicted molar refractivity (Wildman–Crippen MR) is 139 cm³/mol. The van der Waals surface area contributed by atoms with E-state index in [4.69, 9.17) is 4.74 Å². The average molecular weight is 810 g/mol. The molecular weight excluding hydrogens is 756 g/mol. The van der Waals surface area contributed by atoms with Gasteiger partial charge in [-0.2, -0.15) is 17.3 Å². The van der Waals surface area contributed by atoms with Crippen LogP contribution in [0.3, 0.4) is 0 Å². The molecular formula is C28H54O4Y4-4. The van der Waals surface area contributed by atoms with E-state index in [1.165, 1.54) is 6.92 Å². The van der Waals surface area contributed by atoms with Crippen LogP contribution in [-0.2, 0) is 150 Å². The molecule has 0 fully saturated rings. The molecule has 0 N–H and O–H groups in total. The van der Waals surface area contributed by atoms with E-state index in [0.717, 1.165) is 0 Å². The zero-order valence-corrected chi connectivity index (χ0v) is 36.0. The molecule has 0 bridgehead atoms. The summed E-state index contributed by atoms with van der Waals surface area (Å²) in [4.78, 5) is 32.9. The van der Waals surface area contributed by atoms with Crippen molar-refractivity contribution in [2.45, 2.75) is 109 Å². The van der Waals surface area contributed by atoms with Crippen molar-refractivity contribution < 1.29 is 150 Å². The van der Waals surface area contributed by atoms with Gasteiger partial charge in [0.1, 0.15) is 11.6 Å². The Morgan fingerprint density at radius 3 is 1.08 bits per heavy atom. The molecule has 4 radical (unpaired) electrons. The summed E-state index contributed by atoms with van der Waals surface area (Å²) < 4.78 is 5.02.